The van der Waals surface area contributed by atoms with Crippen molar-refractivity contribution in [2.24, 2.45) is 5.92 Å². The molecule has 104 valence electrons. The molecule has 0 aliphatic carbocycles. The van der Waals surface area contributed by atoms with Crippen molar-refractivity contribution in [1.82, 2.24) is 0 Å². The molecule has 4 heteroatoms. The monoisotopic (exact) mass is 264 g/mol. The van der Waals surface area contributed by atoms with Crippen molar-refractivity contribution in [2.75, 3.05) is 20.3 Å². The highest BCUT2D eigenvalue weighted by Gasteiger charge is 2.48. The lowest BCUT2D eigenvalue weighted by molar-refractivity contribution is -0.137. The average molecular weight is 264 g/mol. The topological polar surface area (TPSA) is 48.1 Å². The van der Waals surface area contributed by atoms with Gasteiger partial charge in [-0.3, -0.25) is 4.79 Å². The minimum Gasteiger partial charge on any atom is -0.426 e. The molecule has 1 saturated heterocycles. The van der Waals surface area contributed by atoms with Crippen LogP contribution in [0.2, 0.25) is 0 Å². The highest BCUT2D eigenvalue weighted by Crippen LogP contribution is 2.43. The van der Waals surface area contributed by atoms with Gasteiger partial charge in [-0.1, -0.05) is 26.0 Å². The van der Waals surface area contributed by atoms with Crippen LogP contribution in [0.25, 0.3) is 0 Å². The smallest absolute Gasteiger partial charge is 0.313 e. The second-order valence-electron chi connectivity index (χ2n) is 5.29. The van der Waals surface area contributed by atoms with E-state index in [-0.39, 0.29) is 11.9 Å². The van der Waals surface area contributed by atoms with E-state index in [1.807, 2.05) is 39.0 Å². The standard InChI is InChI=1S/C15H20O4/c1-10(2)14(16)19-13-7-11(3)5-6-12(13)15(8-17-4)9-18-15/h5-7,10H,8-9H2,1-4H3. The Kier molecular flexibility index (Phi) is 3.92. The summed E-state index contributed by atoms with van der Waals surface area (Å²) < 4.78 is 16.2. The summed E-state index contributed by atoms with van der Waals surface area (Å²) in [6.07, 6.45) is 0. The first-order valence-corrected chi connectivity index (χ1v) is 6.44. The molecular weight excluding hydrogens is 244 g/mol. The molecule has 1 aliphatic heterocycles. The van der Waals surface area contributed by atoms with E-state index in [1.54, 1.807) is 7.11 Å². The molecule has 1 aliphatic rings. The lowest BCUT2D eigenvalue weighted by Gasteiger charge is -2.17. The van der Waals surface area contributed by atoms with Gasteiger partial charge in [0.25, 0.3) is 0 Å². The fourth-order valence-electron chi connectivity index (χ4n) is 1.95. The second kappa shape index (κ2) is 5.31. The predicted molar refractivity (Wildman–Crippen MR) is 71.2 cm³/mol. The van der Waals surface area contributed by atoms with Gasteiger partial charge in [0.1, 0.15) is 11.4 Å². The Hall–Kier alpha value is -1.39. The van der Waals surface area contributed by atoms with Crippen molar-refractivity contribution in [2.45, 2.75) is 26.4 Å². The SMILES string of the molecule is COCC1(c2ccc(C)cc2OC(=O)C(C)C)CO1. The summed E-state index contributed by atoms with van der Waals surface area (Å²) in [7, 11) is 1.64. The van der Waals surface area contributed by atoms with Crippen LogP contribution in [-0.2, 0) is 19.9 Å². The van der Waals surface area contributed by atoms with Crippen molar-refractivity contribution >= 4 is 5.97 Å². The number of hydrogen-bond acceptors (Lipinski definition) is 4. The summed E-state index contributed by atoms with van der Waals surface area (Å²) in [5.74, 6) is 0.181. The van der Waals surface area contributed by atoms with E-state index in [1.165, 1.54) is 0 Å². The van der Waals surface area contributed by atoms with Crippen LogP contribution in [-0.4, -0.2) is 26.3 Å². The number of aryl methyl sites for hydroxylation is 1. The van der Waals surface area contributed by atoms with Gasteiger partial charge in [-0.25, -0.2) is 0 Å². The van der Waals surface area contributed by atoms with Gasteiger partial charge < -0.3 is 14.2 Å². The highest BCUT2D eigenvalue weighted by molar-refractivity contribution is 5.75. The summed E-state index contributed by atoms with van der Waals surface area (Å²) in [6.45, 7) is 6.65. The minimum absolute atomic E-state index is 0.160. The molecule has 19 heavy (non-hydrogen) atoms. The first kappa shape index (κ1) is 14.0. The fourth-order valence-corrected chi connectivity index (χ4v) is 1.95. The third-order valence-electron chi connectivity index (χ3n) is 3.18. The molecule has 1 fully saturated rings. The lowest BCUT2D eigenvalue weighted by Crippen LogP contribution is -2.21. The van der Waals surface area contributed by atoms with Gasteiger partial charge in [-0.2, -0.15) is 0 Å². The first-order valence-electron chi connectivity index (χ1n) is 6.44. The number of carbonyl (C=O) groups is 1. The van der Waals surface area contributed by atoms with Crippen molar-refractivity contribution in [3.63, 3.8) is 0 Å². The highest BCUT2D eigenvalue weighted by atomic mass is 16.6. The molecule has 0 bridgehead atoms. The lowest BCUT2D eigenvalue weighted by atomic mass is 9.98. The van der Waals surface area contributed by atoms with Gasteiger partial charge in [0, 0.05) is 12.7 Å². The Balaban J connectivity index is 2.31. The molecule has 1 atom stereocenters. The summed E-state index contributed by atoms with van der Waals surface area (Å²) in [5.41, 5.74) is 1.48. The Bertz CT molecular complexity index is 475. The molecule has 0 saturated carbocycles. The maximum absolute atomic E-state index is 11.8. The number of rotatable bonds is 5. The van der Waals surface area contributed by atoms with E-state index in [2.05, 4.69) is 0 Å². The maximum atomic E-state index is 11.8. The molecule has 1 aromatic carbocycles. The van der Waals surface area contributed by atoms with Gasteiger partial charge in [-0.05, 0) is 18.6 Å². The second-order valence-corrected chi connectivity index (χ2v) is 5.29. The van der Waals surface area contributed by atoms with E-state index < -0.39 is 5.60 Å². The van der Waals surface area contributed by atoms with Crippen LogP contribution < -0.4 is 4.74 Å². The van der Waals surface area contributed by atoms with E-state index >= 15 is 0 Å². The fraction of sp³-hybridized carbons (Fsp3) is 0.533. The molecule has 0 N–H and O–H groups in total. The molecule has 1 heterocycles. The van der Waals surface area contributed by atoms with Crippen LogP contribution >= 0.6 is 0 Å². The summed E-state index contributed by atoms with van der Waals surface area (Å²) >= 11 is 0. The van der Waals surface area contributed by atoms with Gasteiger partial charge in [-0.15, -0.1) is 0 Å². The largest absolute Gasteiger partial charge is 0.426 e. The Labute approximate surface area is 113 Å². The molecule has 1 unspecified atom stereocenters. The summed E-state index contributed by atoms with van der Waals surface area (Å²) in [4.78, 5) is 11.8. The molecule has 0 aromatic heterocycles. The van der Waals surface area contributed by atoms with Crippen LogP contribution in [0.5, 0.6) is 5.75 Å². The third kappa shape index (κ3) is 2.96. The zero-order chi connectivity index (χ0) is 14.0. The van der Waals surface area contributed by atoms with Crippen LogP contribution in [0.1, 0.15) is 25.0 Å². The molecule has 0 spiro atoms. The third-order valence-corrected chi connectivity index (χ3v) is 3.18. The van der Waals surface area contributed by atoms with E-state index in [0.29, 0.717) is 19.0 Å². The molecule has 1 aromatic rings. The van der Waals surface area contributed by atoms with Crippen molar-refractivity contribution in [3.05, 3.63) is 29.3 Å². The first-order chi connectivity index (χ1) is 8.98. The quantitative estimate of drug-likeness (QED) is 0.465. The van der Waals surface area contributed by atoms with Gasteiger partial charge in [0.2, 0.25) is 0 Å². The Morgan fingerprint density at radius 2 is 2.16 bits per heavy atom. The molecular formula is C15H20O4. The number of esters is 1. The van der Waals surface area contributed by atoms with E-state index in [4.69, 9.17) is 14.2 Å². The zero-order valence-corrected chi connectivity index (χ0v) is 11.9. The summed E-state index contributed by atoms with van der Waals surface area (Å²) in [6, 6.07) is 5.81. The minimum atomic E-state index is -0.449. The van der Waals surface area contributed by atoms with Gasteiger partial charge in [0.15, 0.2) is 0 Å². The van der Waals surface area contributed by atoms with Crippen molar-refractivity contribution < 1.29 is 19.0 Å². The number of benzene rings is 1. The molecule has 0 radical (unpaired) electrons. The number of ether oxygens (including phenoxy) is 3. The van der Waals surface area contributed by atoms with Crippen LogP contribution in [0.3, 0.4) is 0 Å². The van der Waals surface area contributed by atoms with Crippen molar-refractivity contribution in [3.8, 4) is 5.75 Å². The van der Waals surface area contributed by atoms with Crippen LogP contribution in [0.15, 0.2) is 18.2 Å². The Morgan fingerprint density at radius 1 is 1.47 bits per heavy atom. The summed E-state index contributed by atoms with van der Waals surface area (Å²) in [5, 5.41) is 0. The average Bonchev–Trinajstić information content (AvgIpc) is 3.10. The number of epoxide rings is 1. The van der Waals surface area contributed by atoms with E-state index in [9.17, 15) is 4.79 Å². The number of methoxy groups -OCH3 is 1. The van der Waals surface area contributed by atoms with Crippen LogP contribution in [0.4, 0.5) is 0 Å². The van der Waals surface area contributed by atoms with Gasteiger partial charge >= 0.3 is 5.97 Å². The molecule has 2 rings (SSSR count). The predicted octanol–water partition coefficient (Wildman–Crippen LogP) is 2.43. The number of carbonyl (C=O) groups excluding carboxylic acids is 1. The van der Waals surface area contributed by atoms with E-state index in [0.717, 1.165) is 11.1 Å². The molecule has 4 nitrogen and oxygen atoms in total. The number of hydrogen-bond donors (Lipinski definition) is 0. The Morgan fingerprint density at radius 3 is 2.68 bits per heavy atom. The van der Waals surface area contributed by atoms with Gasteiger partial charge in [0.05, 0.1) is 19.1 Å². The zero-order valence-electron chi connectivity index (χ0n) is 11.9. The maximum Gasteiger partial charge on any atom is 0.313 e. The van der Waals surface area contributed by atoms with Crippen molar-refractivity contribution in [1.29, 1.82) is 0 Å². The van der Waals surface area contributed by atoms with Crippen LogP contribution in [0, 0.1) is 12.8 Å². The normalized spacial score (nSPS) is 21.5. The molecule has 0 amide bonds.